The Morgan fingerprint density at radius 2 is 1.86 bits per heavy atom. The lowest BCUT2D eigenvalue weighted by atomic mass is 9.80. The van der Waals surface area contributed by atoms with Gasteiger partial charge in [0.25, 0.3) is 0 Å². The van der Waals surface area contributed by atoms with E-state index >= 15 is 0 Å². The number of hydrogen-bond donors (Lipinski definition) is 1. The molecular formula is C18H34N2O. The molecule has 0 spiro atoms. The number of nitrogens with one attached hydrogen (secondary N) is 1. The maximum Gasteiger partial charge on any atom is 0.241 e. The van der Waals surface area contributed by atoms with Crippen molar-refractivity contribution in [2.45, 2.75) is 78.9 Å². The average Bonchev–Trinajstić information content (AvgIpc) is 2.69. The highest BCUT2D eigenvalue weighted by molar-refractivity contribution is 5.84. The van der Waals surface area contributed by atoms with Crippen LogP contribution in [0, 0.1) is 23.7 Å². The van der Waals surface area contributed by atoms with Crippen LogP contribution in [0.3, 0.4) is 0 Å². The van der Waals surface area contributed by atoms with Gasteiger partial charge in [-0.15, -0.1) is 0 Å². The molecule has 3 heteroatoms. The fourth-order valence-electron chi connectivity index (χ4n) is 3.95. The van der Waals surface area contributed by atoms with Gasteiger partial charge in [-0.1, -0.05) is 53.9 Å². The maximum absolute atomic E-state index is 12.8. The minimum atomic E-state index is 0.0210. The fraction of sp³-hybridized carbons (Fsp3) is 0.944. The van der Waals surface area contributed by atoms with Gasteiger partial charge in [-0.05, 0) is 36.5 Å². The molecule has 1 heterocycles. The number of amides is 1. The first-order valence-corrected chi connectivity index (χ1v) is 8.96. The van der Waals surface area contributed by atoms with E-state index in [0.29, 0.717) is 23.7 Å². The van der Waals surface area contributed by atoms with E-state index in [1.165, 1.54) is 25.7 Å². The average molecular weight is 294 g/mol. The van der Waals surface area contributed by atoms with Crippen LogP contribution in [-0.4, -0.2) is 29.6 Å². The summed E-state index contributed by atoms with van der Waals surface area (Å²) in [6.07, 6.45) is 6.66. The van der Waals surface area contributed by atoms with Crippen molar-refractivity contribution in [3.05, 3.63) is 0 Å². The van der Waals surface area contributed by atoms with Gasteiger partial charge in [-0.25, -0.2) is 0 Å². The van der Waals surface area contributed by atoms with Gasteiger partial charge >= 0.3 is 0 Å². The van der Waals surface area contributed by atoms with E-state index in [0.717, 1.165) is 18.9 Å². The Kier molecular flexibility index (Phi) is 5.70. The topological polar surface area (TPSA) is 32.3 Å². The molecule has 2 fully saturated rings. The molecular weight excluding hydrogens is 260 g/mol. The second-order valence-electron chi connectivity index (χ2n) is 8.05. The van der Waals surface area contributed by atoms with Crippen molar-refractivity contribution in [2.24, 2.45) is 23.7 Å². The summed E-state index contributed by atoms with van der Waals surface area (Å²) in [5.74, 6) is 2.80. The van der Waals surface area contributed by atoms with E-state index in [1.807, 2.05) is 0 Å². The molecule has 3 nitrogen and oxygen atoms in total. The standard InChI is InChI=1S/C18H34N2O/c1-12(2)10-16-19-17(13(3)4)18(21)20(16)11-15-9-7-6-8-14(15)5/h12-17,19H,6-11H2,1-5H3. The summed E-state index contributed by atoms with van der Waals surface area (Å²) >= 11 is 0. The molecule has 1 aliphatic heterocycles. The molecule has 0 aromatic rings. The van der Waals surface area contributed by atoms with E-state index in [-0.39, 0.29) is 12.2 Å². The van der Waals surface area contributed by atoms with Crippen molar-refractivity contribution in [1.29, 1.82) is 0 Å². The highest BCUT2D eigenvalue weighted by Crippen LogP contribution is 2.32. The summed E-state index contributed by atoms with van der Waals surface area (Å²) in [5.41, 5.74) is 0. The summed E-state index contributed by atoms with van der Waals surface area (Å²) in [6.45, 7) is 12.1. The van der Waals surface area contributed by atoms with Gasteiger partial charge in [0.15, 0.2) is 0 Å². The molecule has 0 aromatic heterocycles. The summed E-state index contributed by atoms with van der Waals surface area (Å²) in [7, 11) is 0. The third kappa shape index (κ3) is 4.00. The molecule has 122 valence electrons. The van der Waals surface area contributed by atoms with Crippen LogP contribution in [0.1, 0.15) is 66.7 Å². The lowest BCUT2D eigenvalue weighted by Gasteiger charge is -2.35. The van der Waals surface area contributed by atoms with E-state index in [2.05, 4.69) is 44.8 Å². The van der Waals surface area contributed by atoms with Crippen molar-refractivity contribution < 1.29 is 4.79 Å². The predicted octanol–water partition coefficient (Wildman–Crippen LogP) is 3.64. The quantitative estimate of drug-likeness (QED) is 0.839. The summed E-state index contributed by atoms with van der Waals surface area (Å²) in [6, 6.07) is 0.0210. The lowest BCUT2D eigenvalue weighted by molar-refractivity contribution is -0.131. The van der Waals surface area contributed by atoms with Crippen LogP contribution in [0.25, 0.3) is 0 Å². The molecule has 1 aliphatic carbocycles. The Morgan fingerprint density at radius 1 is 1.19 bits per heavy atom. The van der Waals surface area contributed by atoms with Crippen LogP contribution < -0.4 is 5.32 Å². The maximum atomic E-state index is 12.8. The number of carbonyl (C=O) groups excluding carboxylic acids is 1. The fourth-order valence-corrected chi connectivity index (χ4v) is 3.95. The second kappa shape index (κ2) is 7.13. The molecule has 1 saturated heterocycles. The number of nitrogens with zero attached hydrogens (tertiary/aromatic N) is 1. The molecule has 0 radical (unpaired) electrons. The zero-order valence-electron chi connectivity index (χ0n) is 14.6. The highest BCUT2D eigenvalue weighted by Gasteiger charge is 2.41. The third-order valence-electron chi connectivity index (χ3n) is 5.38. The van der Waals surface area contributed by atoms with E-state index in [1.54, 1.807) is 0 Å². The Balaban J connectivity index is 2.06. The Labute approximate surface area is 130 Å². The minimum absolute atomic E-state index is 0.0210. The van der Waals surface area contributed by atoms with Gasteiger partial charge in [0.05, 0.1) is 12.2 Å². The smallest absolute Gasteiger partial charge is 0.241 e. The molecule has 1 saturated carbocycles. The molecule has 21 heavy (non-hydrogen) atoms. The molecule has 1 N–H and O–H groups in total. The molecule has 1 amide bonds. The Morgan fingerprint density at radius 3 is 2.43 bits per heavy atom. The number of rotatable bonds is 5. The third-order valence-corrected chi connectivity index (χ3v) is 5.38. The zero-order valence-corrected chi connectivity index (χ0v) is 14.6. The van der Waals surface area contributed by atoms with Gasteiger partial charge in [0.2, 0.25) is 5.91 Å². The number of hydrogen-bond acceptors (Lipinski definition) is 2. The molecule has 4 atom stereocenters. The molecule has 0 bridgehead atoms. The highest BCUT2D eigenvalue weighted by atomic mass is 16.2. The monoisotopic (exact) mass is 294 g/mol. The van der Waals surface area contributed by atoms with Crippen LogP contribution in [0.15, 0.2) is 0 Å². The van der Waals surface area contributed by atoms with Gasteiger partial charge in [-0.2, -0.15) is 0 Å². The second-order valence-corrected chi connectivity index (χ2v) is 8.05. The van der Waals surface area contributed by atoms with Crippen molar-refractivity contribution in [2.75, 3.05) is 6.54 Å². The van der Waals surface area contributed by atoms with Crippen LogP contribution in [0.4, 0.5) is 0 Å². The van der Waals surface area contributed by atoms with Crippen LogP contribution in [0.5, 0.6) is 0 Å². The molecule has 2 rings (SSSR count). The normalized spacial score (nSPS) is 34.2. The van der Waals surface area contributed by atoms with Crippen LogP contribution in [0.2, 0.25) is 0 Å². The Hall–Kier alpha value is -0.570. The van der Waals surface area contributed by atoms with E-state index in [4.69, 9.17) is 0 Å². The van der Waals surface area contributed by atoms with Gasteiger partial charge < -0.3 is 4.90 Å². The molecule has 4 unspecified atom stereocenters. The van der Waals surface area contributed by atoms with Gasteiger partial charge in [0.1, 0.15) is 0 Å². The van der Waals surface area contributed by atoms with Crippen molar-refractivity contribution in [3.8, 4) is 0 Å². The van der Waals surface area contributed by atoms with E-state index in [9.17, 15) is 4.79 Å². The van der Waals surface area contributed by atoms with Crippen molar-refractivity contribution >= 4 is 5.91 Å². The molecule has 2 aliphatic rings. The SMILES string of the molecule is CC(C)CC1NC(C(C)C)C(=O)N1CC1CCCCC1C. The first-order valence-electron chi connectivity index (χ1n) is 8.96. The molecule has 0 aromatic carbocycles. The lowest BCUT2D eigenvalue weighted by Crippen LogP contribution is -2.42. The largest absolute Gasteiger partial charge is 0.325 e. The van der Waals surface area contributed by atoms with Crippen molar-refractivity contribution in [1.82, 2.24) is 10.2 Å². The predicted molar refractivity (Wildman–Crippen MR) is 87.8 cm³/mol. The summed E-state index contributed by atoms with van der Waals surface area (Å²) < 4.78 is 0. The van der Waals surface area contributed by atoms with Gasteiger partial charge in [-0.3, -0.25) is 10.1 Å². The van der Waals surface area contributed by atoms with Crippen LogP contribution >= 0.6 is 0 Å². The summed E-state index contributed by atoms with van der Waals surface area (Å²) in [5, 5.41) is 3.60. The Bertz CT molecular complexity index is 353. The zero-order chi connectivity index (χ0) is 15.6. The number of carbonyl (C=O) groups is 1. The van der Waals surface area contributed by atoms with E-state index < -0.39 is 0 Å². The van der Waals surface area contributed by atoms with Crippen molar-refractivity contribution in [3.63, 3.8) is 0 Å². The van der Waals surface area contributed by atoms with Gasteiger partial charge in [0, 0.05) is 6.54 Å². The minimum Gasteiger partial charge on any atom is -0.325 e. The first kappa shape index (κ1) is 16.8. The van der Waals surface area contributed by atoms with Crippen LogP contribution in [-0.2, 0) is 4.79 Å². The first-order chi connectivity index (χ1) is 9.90. The summed E-state index contributed by atoms with van der Waals surface area (Å²) in [4.78, 5) is 15.0.